The highest BCUT2D eigenvalue weighted by Gasteiger charge is 2.27. The van der Waals surface area contributed by atoms with Crippen LogP contribution < -0.4 is 0 Å². The first kappa shape index (κ1) is 17.7. The molecule has 7 nitrogen and oxygen atoms in total. The second-order valence-electron chi connectivity index (χ2n) is 6.39. The van der Waals surface area contributed by atoms with Crippen molar-refractivity contribution < 1.29 is 9.90 Å². The number of thioether (sulfide) groups is 1. The molecular formula is C17H23N5O2S. The Morgan fingerprint density at radius 1 is 1.28 bits per heavy atom. The molecular weight excluding hydrogens is 338 g/mol. The summed E-state index contributed by atoms with van der Waals surface area (Å²) in [6.45, 7) is 1.89. The second-order valence-corrected chi connectivity index (χ2v) is 7.70. The third-order valence-electron chi connectivity index (χ3n) is 4.64. The summed E-state index contributed by atoms with van der Waals surface area (Å²) in [5.41, 5.74) is 0.741. The molecule has 2 aromatic rings. The van der Waals surface area contributed by atoms with E-state index in [0.717, 1.165) is 18.5 Å². The van der Waals surface area contributed by atoms with Crippen LogP contribution in [0.4, 0.5) is 0 Å². The third kappa shape index (κ3) is 4.12. The van der Waals surface area contributed by atoms with Gasteiger partial charge in [0.2, 0.25) is 11.1 Å². The number of phenolic OH excluding ortho intramolecular Hbond substituents is 1. The first-order valence-electron chi connectivity index (χ1n) is 8.57. The molecule has 1 amide bonds. The number of benzene rings is 1. The van der Waals surface area contributed by atoms with E-state index in [1.165, 1.54) is 31.0 Å². The summed E-state index contributed by atoms with van der Waals surface area (Å²) >= 11 is 1.35. The zero-order valence-electron chi connectivity index (χ0n) is 14.5. The Bertz CT molecular complexity index is 712. The van der Waals surface area contributed by atoms with Crippen molar-refractivity contribution in [2.45, 2.75) is 55.5 Å². The van der Waals surface area contributed by atoms with Crippen LogP contribution in [0.3, 0.4) is 0 Å². The van der Waals surface area contributed by atoms with Crippen molar-refractivity contribution in [2.75, 3.05) is 7.05 Å². The number of hydrogen-bond donors (Lipinski definition) is 1. The molecule has 1 N–H and O–H groups in total. The number of carbonyl (C=O) groups excluding carboxylic acids is 1. The number of aromatic hydroxyl groups is 1. The first-order valence-corrected chi connectivity index (χ1v) is 9.45. The van der Waals surface area contributed by atoms with Gasteiger partial charge in [-0.1, -0.05) is 31.0 Å². The smallest absolute Gasteiger partial charge is 0.235 e. The number of aromatic nitrogens is 4. The molecule has 1 aliphatic rings. The van der Waals surface area contributed by atoms with Gasteiger partial charge in [0.15, 0.2) is 0 Å². The van der Waals surface area contributed by atoms with Gasteiger partial charge in [-0.15, -0.1) is 5.10 Å². The van der Waals surface area contributed by atoms with Crippen molar-refractivity contribution in [3.63, 3.8) is 0 Å². The van der Waals surface area contributed by atoms with E-state index in [9.17, 15) is 9.90 Å². The lowest BCUT2D eigenvalue weighted by Crippen LogP contribution is -2.42. The molecule has 1 saturated carbocycles. The van der Waals surface area contributed by atoms with E-state index in [-0.39, 0.29) is 16.9 Å². The summed E-state index contributed by atoms with van der Waals surface area (Å²) in [4.78, 5) is 14.6. The Hall–Kier alpha value is -2.09. The molecule has 1 unspecified atom stereocenters. The van der Waals surface area contributed by atoms with Crippen LogP contribution in [0.2, 0.25) is 0 Å². The highest BCUT2D eigenvalue weighted by molar-refractivity contribution is 8.00. The number of carbonyl (C=O) groups is 1. The lowest BCUT2D eigenvalue weighted by atomic mass is 9.94. The SMILES string of the molecule is CC(Sc1nnnn1-c1ccc(O)cc1)C(=O)N(C)C1CCCCC1. The topological polar surface area (TPSA) is 84.1 Å². The first-order chi connectivity index (χ1) is 12.1. The number of amides is 1. The van der Waals surface area contributed by atoms with Gasteiger partial charge in [-0.05, 0) is 54.5 Å². The van der Waals surface area contributed by atoms with Crippen LogP contribution in [0.5, 0.6) is 5.75 Å². The molecule has 1 aliphatic carbocycles. The fraction of sp³-hybridized carbons (Fsp3) is 0.529. The molecule has 1 aromatic heterocycles. The number of nitrogens with zero attached hydrogens (tertiary/aromatic N) is 5. The van der Waals surface area contributed by atoms with E-state index in [4.69, 9.17) is 0 Å². The fourth-order valence-electron chi connectivity index (χ4n) is 3.15. The number of rotatable bonds is 5. The predicted molar refractivity (Wildman–Crippen MR) is 95.8 cm³/mol. The molecule has 8 heteroatoms. The third-order valence-corrected chi connectivity index (χ3v) is 5.66. The van der Waals surface area contributed by atoms with Crippen molar-refractivity contribution >= 4 is 17.7 Å². The lowest BCUT2D eigenvalue weighted by molar-refractivity contribution is -0.131. The second kappa shape index (κ2) is 7.86. The molecule has 3 rings (SSSR count). The maximum Gasteiger partial charge on any atom is 0.235 e. The van der Waals surface area contributed by atoms with E-state index >= 15 is 0 Å². The monoisotopic (exact) mass is 361 g/mol. The van der Waals surface area contributed by atoms with E-state index in [0.29, 0.717) is 11.2 Å². The Morgan fingerprint density at radius 2 is 1.96 bits per heavy atom. The van der Waals surface area contributed by atoms with Gasteiger partial charge in [-0.3, -0.25) is 4.79 Å². The molecule has 25 heavy (non-hydrogen) atoms. The molecule has 1 aromatic carbocycles. The summed E-state index contributed by atoms with van der Waals surface area (Å²) in [7, 11) is 1.90. The zero-order valence-corrected chi connectivity index (χ0v) is 15.3. The molecule has 0 saturated heterocycles. The van der Waals surface area contributed by atoms with E-state index in [1.807, 2.05) is 18.9 Å². The van der Waals surface area contributed by atoms with Gasteiger partial charge in [0, 0.05) is 13.1 Å². The maximum atomic E-state index is 12.8. The van der Waals surface area contributed by atoms with Crippen LogP contribution in [0.25, 0.3) is 5.69 Å². The Kier molecular flexibility index (Phi) is 5.57. The van der Waals surface area contributed by atoms with Crippen LogP contribution in [0.15, 0.2) is 29.4 Å². The van der Waals surface area contributed by atoms with Crippen molar-refractivity contribution in [1.29, 1.82) is 0 Å². The Morgan fingerprint density at radius 3 is 2.64 bits per heavy atom. The van der Waals surface area contributed by atoms with Gasteiger partial charge in [0.25, 0.3) is 0 Å². The van der Waals surface area contributed by atoms with Gasteiger partial charge >= 0.3 is 0 Å². The fourth-order valence-corrected chi connectivity index (χ4v) is 4.06. The molecule has 0 radical (unpaired) electrons. The van der Waals surface area contributed by atoms with Gasteiger partial charge in [-0.2, -0.15) is 4.68 Å². The molecule has 0 aliphatic heterocycles. The molecule has 1 atom stereocenters. The largest absolute Gasteiger partial charge is 0.508 e. The average molecular weight is 361 g/mol. The molecule has 134 valence electrons. The maximum absolute atomic E-state index is 12.8. The molecule has 0 spiro atoms. The summed E-state index contributed by atoms with van der Waals surface area (Å²) in [5.74, 6) is 0.292. The van der Waals surface area contributed by atoms with Gasteiger partial charge in [-0.25, -0.2) is 0 Å². The average Bonchev–Trinajstić information content (AvgIpc) is 3.10. The number of phenols is 1. The van der Waals surface area contributed by atoms with Crippen LogP contribution in [0, 0.1) is 0 Å². The van der Waals surface area contributed by atoms with Crippen molar-refractivity contribution in [3.05, 3.63) is 24.3 Å². The van der Waals surface area contributed by atoms with Gasteiger partial charge in [0.05, 0.1) is 10.9 Å². The van der Waals surface area contributed by atoms with Crippen LogP contribution in [-0.4, -0.2) is 54.5 Å². The minimum absolute atomic E-state index is 0.108. The number of hydrogen-bond acceptors (Lipinski definition) is 6. The predicted octanol–water partition coefficient (Wildman–Crippen LogP) is 2.64. The van der Waals surface area contributed by atoms with E-state index in [2.05, 4.69) is 15.5 Å². The Balaban J connectivity index is 1.68. The molecule has 1 fully saturated rings. The highest BCUT2D eigenvalue weighted by Crippen LogP contribution is 2.27. The van der Waals surface area contributed by atoms with Crippen LogP contribution >= 0.6 is 11.8 Å². The number of tetrazole rings is 1. The van der Waals surface area contributed by atoms with Crippen LogP contribution in [-0.2, 0) is 4.79 Å². The highest BCUT2D eigenvalue weighted by atomic mass is 32.2. The molecule has 1 heterocycles. The van der Waals surface area contributed by atoms with E-state index < -0.39 is 0 Å². The molecule has 0 bridgehead atoms. The summed E-state index contributed by atoms with van der Waals surface area (Å²) < 4.78 is 1.58. The summed E-state index contributed by atoms with van der Waals surface area (Å²) in [6.07, 6.45) is 5.84. The van der Waals surface area contributed by atoms with E-state index in [1.54, 1.807) is 28.9 Å². The zero-order chi connectivity index (χ0) is 17.8. The van der Waals surface area contributed by atoms with Crippen molar-refractivity contribution in [3.8, 4) is 11.4 Å². The Labute approximate surface area is 151 Å². The minimum Gasteiger partial charge on any atom is -0.508 e. The summed E-state index contributed by atoms with van der Waals surface area (Å²) in [5, 5.41) is 21.5. The summed E-state index contributed by atoms with van der Waals surface area (Å²) in [6, 6.07) is 6.97. The quantitative estimate of drug-likeness (QED) is 0.824. The normalized spacial score (nSPS) is 16.6. The minimum atomic E-state index is -0.270. The van der Waals surface area contributed by atoms with Gasteiger partial charge in [0.1, 0.15) is 5.75 Å². The van der Waals surface area contributed by atoms with Gasteiger partial charge < -0.3 is 10.0 Å². The lowest BCUT2D eigenvalue weighted by Gasteiger charge is -2.32. The van der Waals surface area contributed by atoms with Crippen LogP contribution in [0.1, 0.15) is 39.0 Å². The van der Waals surface area contributed by atoms with Crippen molar-refractivity contribution in [1.82, 2.24) is 25.1 Å². The van der Waals surface area contributed by atoms with Crippen molar-refractivity contribution in [2.24, 2.45) is 0 Å². The standard InChI is InChI=1S/C17H23N5O2S/c1-12(16(24)21(2)13-6-4-3-5-7-13)25-17-18-19-20-22(17)14-8-10-15(23)11-9-14/h8-13,23H,3-7H2,1-2H3.